The fraction of sp³-hybridized carbons (Fsp3) is 0.214. The van der Waals surface area contributed by atoms with Crippen LogP contribution in [0.1, 0.15) is 11.1 Å². The molecule has 3 nitrogen and oxygen atoms in total. The van der Waals surface area contributed by atoms with Gasteiger partial charge >= 0.3 is 0 Å². The fourth-order valence-corrected chi connectivity index (χ4v) is 2.08. The number of aryl methyl sites for hydroxylation is 2. The summed E-state index contributed by atoms with van der Waals surface area (Å²) >= 11 is 0. The van der Waals surface area contributed by atoms with Crippen molar-refractivity contribution in [2.24, 2.45) is 0 Å². The Balaban J connectivity index is 2.63. The minimum atomic E-state index is -0.0727. The van der Waals surface area contributed by atoms with Crippen molar-refractivity contribution >= 4 is 0 Å². The first-order valence-corrected chi connectivity index (χ1v) is 5.47. The Kier molecular flexibility index (Phi) is 3.00. The zero-order valence-corrected chi connectivity index (χ0v) is 10.2. The number of ether oxygens (including phenoxy) is 1. The highest BCUT2D eigenvalue weighted by Gasteiger charge is 2.08. The first kappa shape index (κ1) is 11.5. The van der Waals surface area contributed by atoms with Crippen molar-refractivity contribution in [3.05, 3.63) is 51.9 Å². The van der Waals surface area contributed by atoms with Gasteiger partial charge in [-0.1, -0.05) is 0 Å². The molecule has 88 valence electrons. The molecule has 1 heterocycles. The molecule has 17 heavy (non-hydrogen) atoms. The quantitative estimate of drug-likeness (QED) is 0.860. The summed E-state index contributed by atoms with van der Waals surface area (Å²) in [7, 11) is 1.66. The van der Waals surface area contributed by atoms with Crippen LogP contribution in [0, 0.1) is 13.8 Å². The number of nitrogens with one attached hydrogen (secondary N) is 1. The van der Waals surface area contributed by atoms with Crippen LogP contribution in [0.2, 0.25) is 0 Å². The second kappa shape index (κ2) is 4.45. The zero-order chi connectivity index (χ0) is 12.4. The van der Waals surface area contributed by atoms with E-state index in [0.717, 1.165) is 22.4 Å². The third-order valence-electron chi connectivity index (χ3n) is 2.79. The molecule has 0 unspecified atom stereocenters. The minimum absolute atomic E-state index is 0.0727. The van der Waals surface area contributed by atoms with Crippen LogP contribution < -0.4 is 10.3 Å². The van der Waals surface area contributed by atoms with Crippen LogP contribution in [-0.2, 0) is 0 Å². The van der Waals surface area contributed by atoms with Crippen LogP contribution in [0.4, 0.5) is 0 Å². The average molecular weight is 229 g/mol. The van der Waals surface area contributed by atoms with Gasteiger partial charge < -0.3 is 9.72 Å². The smallest absolute Gasteiger partial charge is 0.255 e. The Morgan fingerprint density at radius 1 is 1.18 bits per heavy atom. The highest BCUT2D eigenvalue weighted by atomic mass is 16.5. The molecule has 0 aliphatic rings. The zero-order valence-electron chi connectivity index (χ0n) is 10.2. The minimum Gasteiger partial charge on any atom is -0.496 e. The van der Waals surface area contributed by atoms with Gasteiger partial charge in [-0.15, -0.1) is 0 Å². The summed E-state index contributed by atoms with van der Waals surface area (Å²) in [5.41, 5.74) is 3.59. The Labute approximate surface area is 100 Å². The topological polar surface area (TPSA) is 42.1 Å². The lowest BCUT2D eigenvalue weighted by atomic mass is 10.0. The van der Waals surface area contributed by atoms with Crippen molar-refractivity contribution < 1.29 is 4.74 Å². The van der Waals surface area contributed by atoms with Crippen LogP contribution in [0.15, 0.2) is 35.3 Å². The van der Waals surface area contributed by atoms with Crippen LogP contribution in [0.5, 0.6) is 5.75 Å². The van der Waals surface area contributed by atoms with E-state index in [1.165, 1.54) is 0 Å². The Morgan fingerprint density at radius 2 is 1.82 bits per heavy atom. The molecule has 0 saturated heterocycles. The largest absolute Gasteiger partial charge is 0.496 e. The van der Waals surface area contributed by atoms with Gasteiger partial charge in [-0.3, -0.25) is 4.79 Å². The molecule has 0 fully saturated rings. The molecule has 3 heteroatoms. The van der Waals surface area contributed by atoms with E-state index >= 15 is 0 Å². The van der Waals surface area contributed by atoms with E-state index in [-0.39, 0.29) is 5.56 Å². The number of aromatic amines is 1. The predicted octanol–water partition coefficient (Wildman–Crippen LogP) is 2.67. The standard InChI is InChI=1S/C14H15NO2/c1-9-7-11(8-10(2)13(9)17-3)12-5-4-6-15-14(12)16/h4-8H,1-3H3,(H,15,16). The predicted molar refractivity (Wildman–Crippen MR) is 68.5 cm³/mol. The van der Waals surface area contributed by atoms with Crippen molar-refractivity contribution in [3.63, 3.8) is 0 Å². The lowest BCUT2D eigenvalue weighted by Gasteiger charge is -2.10. The highest BCUT2D eigenvalue weighted by Crippen LogP contribution is 2.28. The molecule has 0 radical (unpaired) electrons. The van der Waals surface area contributed by atoms with Gasteiger partial charge in [0.25, 0.3) is 5.56 Å². The van der Waals surface area contributed by atoms with Gasteiger partial charge in [-0.2, -0.15) is 0 Å². The molecule has 0 aliphatic carbocycles. The molecule has 1 aromatic heterocycles. The van der Waals surface area contributed by atoms with Gasteiger partial charge in [0.2, 0.25) is 0 Å². The maximum absolute atomic E-state index is 11.7. The lowest BCUT2D eigenvalue weighted by Crippen LogP contribution is -2.07. The number of hydrogen-bond donors (Lipinski definition) is 1. The molecule has 0 aliphatic heterocycles. The van der Waals surface area contributed by atoms with E-state index in [0.29, 0.717) is 5.56 Å². The third kappa shape index (κ3) is 2.09. The number of methoxy groups -OCH3 is 1. The molecule has 1 N–H and O–H groups in total. The monoisotopic (exact) mass is 229 g/mol. The molecule has 1 aromatic carbocycles. The number of hydrogen-bond acceptors (Lipinski definition) is 2. The van der Waals surface area contributed by atoms with Crippen molar-refractivity contribution in [1.29, 1.82) is 0 Å². The molecule has 0 atom stereocenters. The Hall–Kier alpha value is -2.03. The molecule has 0 saturated carbocycles. The van der Waals surface area contributed by atoms with Gasteiger partial charge in [-0.25, -0.2) is 0 Å². The summed E-state index contributed by atoms with van der Waals surface area (Å²) in [6.45, 7) is 3.96. The fourth-order valence-electron chi connectivity index (χ4n) is 2.08. The van der Waals surface area contributed by atoms with Crippen LogP contribution in [-0.4, -0.2) is 12.1 Å². The van der Waals surface area contributed by atoms with Gasteiger partial charge in [0.1, 0.15) is 5.75 Å². The van der Waals surface area contributed by atoms with E-state index in [4.69, 9.17) is 4.74 Å². The molecule has 2 rings (SSSR count). The number of rotatable bonds is 2. The lowest BCUT2D eigenvalue weighted by molar-refractivity contribution is 0.408. The second-order valence-electron chi connectivity index (χ2n) is 4.06. The van der Waals surface area contributed by atoms with Crippen LogP contribution >= 0.6 is 0 Å². The van der Waals surface area contributed by atoms with Gasteiger partial charge in [0.15, 0.2) is 0 Å². The number of aromatic nitrogens is 1. The Morgan fingerprint density at radius 3 is 2.35 bits per heavy atom. The maximum atomic E-state index is 11.7. The molecule has 0 spiro atoms. The van der Waals surface area contributed by atoms with Crippen molar-refractivity contribution in [3.8, 4) is 16.9 Å². The molecular weight excluding hydrogens is 214 g/mol. The highest BCUT2D eigenvalue weighted by molar-refractivity contribution is 5.66. The molecule has 0 amide bonds. The van der Waals surface area contributed by atoms with E-state index < -0.39 is 0 Å². The number of pyridine rings is 1. The first-order chi connectivity index (χ1) is 8.13. The van der Waals surface area contributed by atoms with Gasteiger partial charge in [0, 0.05) is 11.8 Å². The van der Waals surface area contributed by atoms with Crippen molar-refractivity contribution in [1.82, 2.24) is 4.98 Å². The SMILES string of the molecule is COc1c(C)cc(-c2ccc[nH]c2=O)cc1C. The third-order valence-corrected chi connectivity index (χ3v) is 2.79. The van der Waals surface area contributed by atoms with E-state index in [2.05, 4.69) is 4.98 Å². The summed E-state index contributed by atoms with van der Waals surface area (Å²) in [5, 5.41) is 0. The number of H-pyrrole nitrogens is 1. The first-order valence-electron chi connectivity index (χ1n) is 5.47. The van der Waals surface area contributed by atoms with Gasteiger partial charge in [-0.05, 0) is 54.8 Å². The second-order valence-corrected chi connectivity index (χ2v) is 4.06. The summed E-state index contributed by atoms with van der Waals surface area (Å²) in [5.74, 6) is 0.876. The van der Waals surface area contributed by atoms with Crippen LogP contribution in [0.25, 0.3) is 11.1 Å². The van der Waals surface area contributed by atoms with Crippen molar-refractivity contribution in [2.75, 3.05) is 7.11 Å². The molecular formula is C14H15NO2. The summed E-state index contributed by atoms with van der Waals surface area (Å²) in [4.78, 5) is 14.4. The van der Waals surface area contributed by atoms with E-state index in [9.17, 15) is 4.79 Å². The summed E-state index contributed by atoms with van der Waals surface area (Å²) in [6.07, 6.45) is 1.63. The molecule has 2 aromatic rings. The summed E-state index contributed by atoms with van der Waals surface area (Å²) in [6, 6.07) is 7.58. The van der Waals surface area contributed by atoms with Crippen LogP contribution in [0.3, 0.4) is 0 Å². The summed E-state index contributed by atoms with van der Waals surface area (Å²) < 4.78 is 5.31. The normalized spacial score (nSPS) is 10.3. The Bertz CT molecular complexity index is 576. The van der Waals surface area contributed by atoms with E-state index in [1.807, 2.05) is 38.1 Å². The average Bonchev–Trinajstić information content (AvgIpc) is 2.29. The maximum Gasteiger partial charge on any atom is 0.255 e. The molecule has 0 bridgehead atoms. The number of benzene rings is 1. The van der Waals surface area contributed by atoms with Gasteiger partial charge in [0.05, 0.1) is 7.11 Å². The van der Waals surface area contributed by atoms with Crippen molar-refractivity contribution in [2.45, 2.75) is 13.8 Å². The van der Waals surface area contributed by atoms with E-state index in [1.54, 1.807) is 13.3 Å².